The van der Waals surface area contributed by atoms with Crippen molar-refractivity contribution < 1.29 is 9.13 Å². The van der Waals surface area contributed by atoms with Crippen LogP contribution in [0.25, 0.3) is 0 Å². The van der Waals surface area contributed by atoms with Gasteiger partial charge in [-0.1, -0.05) is 44.0 Å². The van der Waals surface area contributed by atoms with Gasteiger partial charge in [0.2, 0.25) is 0 Å². The van der Waals surface area contributed by atoms with Gasteiger partial charge >= 0.3 is 0 Å². The molecule has 0 amide bonds. The number of benzene rings is 2. The summed E-state index contributed by atoms with van der Waals surface area (Å²) in [5, 5.41) is 0. The van der Waals surface area contributed by atoms with Gasteiger partial charge in [-0.05, 0) is 39.7 Å². The Balaban J connectivity index is 2.11. The minimum absolute atomic E-state index is 0.246. The summed E-state index contributed by atoms with van der Waals surface area (Å²) in [6.45, 7) is 0.680. The van der Waals surface area contributed by atoms with E-state index in [0.29, 0.717) is 16.6 Å². The molecule has 0 radical (unpaired) electrons. The fourth-order valence-electron chi connectivity index (χ4n) is 2.37. The van der Waals surface area contributed by atoms with E-state index in [-0.39, 0.29) is 10.6 Å². The Labute approximate surface area is 141 Å². The minimum atomic E-state index is -0.249. The van der Waals surface area contributed by atoms with Crippen molar-refractivity contribution in [1.82, 2.24) is 0 Å². The maximum Gasteiger partial charge on any atom is 0.142 e. The van der Waals surface area contributed by atoms with E-state index in [0.717, 1.165) is 27.8 Å². The van der Waals surface area contributed by atoms with E-state index in [4.69, 9.17) is 4.74 Å². The summed E-state index contributed by atoms with van der Waals surface area (Å²) in [7, 11) is 0. The molecule has 1 heterocycles. The fourth-order valence-corrected chi connectivity index (χ4v) is 3.97. The van der Waals surface area contributed by atoms with Gasteiger partial charge < -0.3 is 4.74 Å². The first kappa shape index (κ1) is 14.5. The Bertz CT molecular complexity index is 672. The van der Waals surface area contributed by atoms with Gasteiger partial charge in [-0.15, -0.1) is 0 Å². The molecule has 2 aromatic rings. The van der Waals surface area contributed by atoms with Gasteiger partial charge in [0.05, 0.1) is 15.9 Å². The van der Waals surface area contributed by atoms with Crippen molar-refractivity contribution in [3.8, 4) is 5.75 Å². The van der Waals surface area contributed by atoms with E-state index in [1.54, 1.807) is 12.1 Å². The van der Waals surface area contributed by atoms with Gasteiger partial charge in [-0.3, -0.25) is 0 Å². The number of hydrogen-bond donors (Lipinski definition) is 0. The third-order valence-electron chi connectivity index (χ3n) is 3.30. The van der Waals surface area contributed by atoms with E-state index in [2.05, 4.69) is 53.9 Å². The Morgan fingerprint density at radius 3 is 2.75 bits per heavy atom. The normalized spacial score (nSPS) is 14.8. The van der Waals surface area contributed by atoms with E-state index >= 15 is 0 Å². The molecule has 0 saturated heterocycles. The van der Waals surface area contributed by atoms with Crippen molar-refractivity contribution >= 4 is 47.8 Å². The van der Waals surface area contributed by atoms with Crippen molar-refractivity contribution in [1.29, 1.82) is 0 Å². The Hall–Kier alpha value is -0.390. The predicted octanol–water partition coefficient (Wildman–Crippen LogP) is 5.77. The van der Waals surface area contributed by atoms with Crippen molar-refractivity contribution in [3.63, 3.8) is 0 Å². The summed E-state index contributed by atoms with van der Waals surface area (Å²) in [5.74, 6) is 0.621. The molecule has 0 aromatic heterocycles. The average Bonchev–Trinajstić information content (AvgIpc) is 2.88. The molecule has 0 fully saturated rings. The second-order valence-corrected chi connectivity index (χ2v) is 7.27. The predicted molar refractivity (Wildman–Crippen MR) is 88.2 cm³/mol. The van der Waals surface area contributed by atoms with Crippen LogP contribution in [0.3, 0.4) is 0 Å². The number of rotatable bonds is 2. The first-order valence-electron chi connectivity index (χ1n) is 6.11. The average molecular weight is 465 g/mol. The molecule has 0 N–H and O–H groups in total. The second kappa shape index (κ2) is 5.78. The molecule has 1 unspecified atom stereocenters. The Morgan fingerprint density at radius 2 is 1.95 bits per heavy atom. The van der Waals surface area contributed by atoms with Gasteiger partial charge in [0.15, 0.2) is 0 Å². The van der Waals surface area contributed by atoms with E-state index in [9.17, 15) is 4.39 Å². The van der Waals surface area contributed by atoms with Crippen molar-refractivity contribution in [2.75, 3.05) is 6.61 Å². The fraction of sp³-hybridized carbons (Fsp3) is 0.200. The van der Waals surface area contributed by atoms with Gasteiger partial charge in [0, 0.05) is 22.0 Å². The maximum absolute atomic E-state index is 14.3. The molecular formula is C15H10Br3FO. The molecule has 1 atom stereocenters. The highest BCUT2D eigenvalue weighted by molar-refractivity contribution is 9.11. The molecule has 0 aliphatic carbocycles. The number of ether oxygens (including phenoxy) is 1. The first-order chi connectivity index (χ1) is 9.58. The molecule has 1 aliphatic heterocycles. The van der Waals surface area contributed by atoms with Crippen LogP contribution in [0.2, 0.25) is 0 Å². The zero-order chi connectivity index (χ0) is 14.3. The summed E-state index contributed by atoms with van der Waals surface area (Å²) in [4.78, 5) is -0.246. The van der Waals surface area contributed by atoms with Crippen LogP contribution in [0.5, 0.6) is 5.75 Å². The number of halogens is 4. The quantitative estimate of drug-likeness (QED) is 0.513. The maximum atomic E-state index is 14.3. The highest BCUT2D eigenvalue weighted by Crippen LogP contribution is 2.43. The lowest BCUT2D eigenvalue weighted by molar-refractivity contribution is 0.354. The topological polar surface area (TPSA) is 9.23 Å². The van der Waals surface area contributed by atoms with Gasteiger partial charge in [-0.2, -0.15) is 0 Å². The van der Waals surface area contributed by atoms with Gasteiger partial charge in [-0.25, -0.2) is 4.39 Å². The molecule has 2 aromatic carbocycles. The largest absolute Gasteiger partial charge is 0.493 e. The lowest BCUT2D eigenvalue weighted by atomic mass is 10.0. The third-order valence-corrected chi connectivity index (χ3v) is 5.36. The van der Waals surface area contributed by atoms with Crippen LogP contribution >= 0.6 is 47.8 Å². The molecule has 104 valence electrons. The monoisotopic (exact) mass is 462 g/mol. The molecule has 0 spiro atoms. The van der Waals surface area contributed by atoms with Crippen LogP contribution in [0.4, 0.5) is 4.39 Å². The van der Waals surface area contributed by atoms with Crippen molar-refractivity contribution in [2.45, 2.75) is 11.2 Å². The van der Waals surface area contributed by atoms with E-state index in [1.807, 2.05) is 12.1 Å². The van der Waals surface area contributed by atoms with Crippen LogP contribution < -0.4 is 4.74 Å². The zero-order valence-corrected chi connectivity index (χ0v) is 15.1. The van der Waals surface area contributed by atoms with Gasteiger partial charge in [0.1, 0.15) is 11.6 Å². The van der Waals surface area contributed by atoms with E-state index in [1.165, 1.54) is 0 Å². The van der Waals surface area contributed by atoms with E-state index < -0.39 is 0 Å². The second-order valence-electron chi connectivity index (χ2n) is 4.59. The standard InChI is InChI=1S/C15H10Br3FO/c16-9-6-8-4-5-20-15(8)11(7-9)13(18)10-2-1-3-12(17)14(10)19/h1-3,6-7,13H,4-5H2. The van der Waals surface area contributed by atoms with Crippen molar-refractivity contribution in [3.05, 3.63) is 61.8 Å². The van der Waals surface area contributed by atoms with Crippen LogP contribution in [-0.2, 0) is 6.42 Å². The number of hydrogen-bond acceptors (Lipinski definition) is 1. The van der Waals surface area contributed by atoms with Crippen LogP contribution in [0.1, 0.15) is 21.5 Å². The smallest absolute Gasteiger partial charge is 0.142 e. The lowest BCUT2D eigenvalue weighted by Gasteiger charge is -2.16. The first-order valence-corrected chi connectivity index (χ1v) is 8.61. The molecule has 1 aliphatic rings. The molecule has 0 saturated carbocycles. The lowest BCUT2D eigenvalue weighted by Crippen LogP contribution is -2.00. The summed E-state index contributed by atoms with van der Waals surface area (Å²) in [5.41, 5.74) is 2.70. The summed E-state index contributed by atoms with van der Waals surface area (Å²) in [6, 6.07) is 9.34. The molecule has 1 nitrogen and oxygen atoms in total. The minimum Gasteiger partial charge on any atom is -0.493 e. The van der Waals surface area contributed by atoms with Crippen LogP contribution in [0, 0.1) is 5.82 Å². The van der Waals surface area contributed by atoms with Crippen molar-refractivity contribution in [2.24, 2.45) is 0 Å². The zero-order valence-electron chi connectivity index (χ0n) is 10.3. The molecule has 20 heavy (non-hydrogen) atoms. The number of alkyl halides is 1. The van der Waals surface area contributed by atoms with Crippen LogP contribution in [-0.4, -0.2) is 6.61 Å². The molecule has 5 heteroatoms. The SMILES string of the molecule is Fc1c(Br)cccc1C(Br)c1cc(Br)cc2c1OCC2. The molecule has 0 bridgehead atoms. The Morgan fingerprint density at radius 1 is 1.15 bits per heavy atom. The van der Waals surface area contributed by atoms with Crippen LogP contribution in [0.15, 0.2) is 39.3 Å². The third kappa shape index (κ3) is 2.55. The Kier molecular flexibility index (Phi) is 4.20. The van der Waals surface area contributed by atoms with Gasteiger partial charge in [0.25, 0.3) is 0 Å². The summed E-state index contributed by atoms with van der Waals surface area (Å²) < 4.78 is 21.4. The summed E-state index contributed by atoms with van der Waals surface area (Å²) >= 11 is 10.3. The molecular weight excluding hydrogens is 455 g/mol. The highest BCUT2D eigenvalue weighted by atomic mass is 79.9. The summed E-state index contributed by atoms with van der Waals surface area (Å²) in [6.07, 6.45) is 0.891. The molecule has 3 rings (SSSR count). The highest BCUT2D eigenvalue weighted by Gasteiger charge is 2.25. The number of fused-ring (bicyclic) bond motifs is 1.